The Labute approximate surface area is 99.7 Å². The Kier molecular flexibility index (Phi) is 4.68. The van der Waals surface area contributed by atoms with Crippen molar-refractivity contribution in [1.29, 1.82) is 0 Å². The third-order valence-corrected chi connectivity index (χ3v) is 3.00. The molecular weight excluding hydrogens is 314 g/mol. The van der Waals surface area contributed by atoms with Gasteiger partial charge >= 0.3 is 0 Å². The molecule has 1 rings (SSSR count). The van der Waals surface area contributed by atoms with Gasteiger partial charge in [0.1, 0.15) is 0 Å². The highest BCUT2D eigenvalue weighted by molar-refractivity contribution is 9.10. The highest BCUT2D eigenvalue weighted by Gasteiger charge is 2.16. The van der Waals surface area contributed by atoms with Crippen molar-refractivity contribution in [3.8, 4) is 0 Å². The predicted octanol–water partition coefficient (Wildman–Crippen LogP) is 2.90. The van der Waals surface area contributed by atoms with Gasteiger partial charge in [0.05, 0.1) is 11.8 Å². The fraction of sp³-hybridized carbons (Fsp3) is 0.444. The van der Waals surface area contributed by atoms with Gasteiger partial charge in [-0.1, -0.05) is 15.9 Å². The normalized spacial score (nSPS) is 10.2. The molecule has 0 saturated carbocycles. The SMILES string of the molecule is CN(CCCBr)C(=O)c1ccoc1Br. The van der Waals surface area contributed by atoms with Gasteiger partial charge in [0.25, 0.3) is 5.91 Å². The van der Waals surface area contributed by atoms with Crippen molar-refractivity contribution in [3.63, 3.8) is 0 Å². The molecule has 0 aliphatic carbocycles. The molecule has 3 nitrogen and oxygen atoms in total. The number of rotatable bonds is 4. The molecule has 0 spiro atoms. The van der Waals surface area contributed by atoms with Gasteiger partial charge in [-0.3, -0.25) is 4.79 Å². The lowest BCUT2D eigenvalue weighted by molar-refractivity contribution is 0.0793. The summed E-state index contributed by atoms with van der Waals surface area (Å²) in [5, 5.41) is 0.900. The van der Waals surface area contributed by atoms with Crippen LogP contribution in [0.2, 0.25) is 0 Å². The first-order valence-electron chi connectivity index (χ1n) is 4.21. The van der Waals surface area contributed by atoms with Crippen LogP contribution in [-0.4, -0.2) is 29.7 Å². The molecular formula is C9H11Br2NO2. The monoisotopic (exact) mass is 323 g/mol. The van der Waals surface area contributed by atoms with E-state index in [-0.39, 0.29) is 5.91 Å². The summed E-state index contributed by atoms with van der Waals surface area (Å²) in [7, 11) is 1.78. The van der Waals surface area contributed by atoms with E-state index in [4.69, 9.17) is 4.42 Å². The lowest BCUT2D eigenvalue weighted by Gasteiger charge is -2.15. The van der Waals surface area contributed by atoms with Crippen LogP contribution in [-0.2, 0) is 0 Å². The summed E-state index contributed by atoms with van der Waals surface area (Å²) >= 11 is 6.50. The molecule has 0 bridgehead atoms. The largest absolute Gasteiger partial charge is 0.457 e. The van der Waals surface area contributed by atoms with Crippen LogP contribution in [0, 0.1) is 0 Å². The molecule has 1 amide bonds. The number of halogens is 2. The van der Waals surface area contributed by atoms with E-state index < -0.39 is 0 Å². The lowest BCUT2D eigenvalue weighted by atomic mass is 10.3. The van der Waals surface area contributed by atoms with Gasteiger partial charge in [0.2, 0.25) is 0 Å². The van der Waals surface area contributed by atoms with Crippen molar-refractivity contribution >= 4 is 37.8 Å². The van der Waals surface area contributed by atoms with E-state index in [0.717, 1.165) is 18.3 Å². The van der Waals surface area contributed by atoms with Crippen LogP contribution in [0.5, 0.6) is 0 Å². The third kappa shape index (κ3) is 2.85. The Bertz CT molecular complexity index is 312. The van der Waals surface area contributed by atoms with Gasteiger partial charge in [-0.25, -0.2) is 0 Å². The van der Waals surface area contributed by atoms with Crippen LogP contribution >= 0.6 is 31.9 Å². The van der Waals surface area contributed by atoms with Crippen LogP contribution in [0.4, 0.5) is 0 Å². The van der Waals surface area contributed by atoms with Gasteiger partial charge in [0, 0.05) is 18.9 Å². The zero-order valence-corrected chi connectivity index (χ0v) is 11.0. The van der Waals surface area contributed by atoms with Gasteiger partial charge in [0.15, 0.2) is 4.67 Å². The summed E-state index contributed by atoms with van der Waals surface area (Å²) in [5.74, 6) is -0.0217. The van der Waals surface area contributed by atoms with Crippen LogP contribution in [0.15, 0.2) is 21.4 Å². The van der Waals surface area contributed by atoms with Gasteiger partial charge in [-0.2, -0.15) is 0 Å². The van der Waals surface area contributed by atoms with E-state index in [1.54, 1.807) is 18.0 Å². The summed E-state index contributed by atoms with van der Waals surface area (Å²) in [6.07, 6.45) is 2.44. The predicted molar refractivity (Wildman–Crippen MR) is 61.8 cm³/mol. The maximum absolute atomic E-state index is 11.8. The molecule has 0 saturated heterocycles. The minimum Gasteiger partial charge on any atom is -0.457 e. The van der Waals surface area contributed by atoms with Crippen LogP contribution in [0.1, 0.15) is 16.8 Å². The maximum Gasteiger partial charge on any atom is 0.258 e. The minimum absolute atomic E-state index is 0.0217. The molecule has 0 N–H and O–H groups in total. The van der Waals surface area contributed by atoms with Crippen molar-refractivity contribution in [2.75, 3.05) is 18.9 Å². The molecule has 0 aliphatic heterocycles. The van der Waals surface area contributed by atoms with Crippen molar-refractivity contribution < 1.29 is 9.21 Å². The third-order valence-electron chi connectivity index (χ3n) is 1.82. The first kappa shape index (κ1) is 11.8. The highest BCUT2D eigenvalue weighted by Crippen LogP contribution is 2.18. The van der Waals surface area contributed by atoms with E-state index >= 15 is 0 Å². The Hall–Kier alpha value is -0.290. The average Bonchev–Trinajstić information content (AvgIpc) is 2.59. The Morgan fingerprint density at radius 1 is 1.64 bits per heavy atom. The number of carbonyl (C=O) groups excluding carboxylic acids is 1. The molecule has 1 aromatic rings. The summed E-state index contributed by atoms with van der Waals surface area (Å²) in [6, 6.07) is 1.66. The van der Waals surface area contributed by atoms with Crippen molar-refractivity contribution in [3.05, 3.63) is 22.6 Å². The zero-order chi connectivity index (χ0) is 10.6. The second-order valence-electron chi connectivity index (χ2n) is 2.88. The van der Waals surface area contributed by atoms with E-state index in [1.165, 1.54) is 6.26 Å². The van der Waals surface area contributed by atoms with Gasteiger partial charge in [-0.15, -0.1) is 0 Å². The Balaban J connectivity index is 2.61. The molecule has 0 aliphatic rings. The quantitative estimate of drug-likeness (QED) is 0.798. The standard InChI is InChI=1S/C9H11Br2NO2/c1-12(5-2-4-10)9(13)7-3-6-14-8(7)11/h3,6H,2,4-5H2,1H3. The summed E-state index contributed by atoms with van der Waals surface area (Å²) in [6.45, 7) is 0.738. The molecule has 14 heavy (non-hydrogen) atoms. The van der Waals surface area contributed by atoms with E-state index in [0.29, 0.717) is 10.2 Å². The number of amides is 1. The second kappa shape index (κ2) is 5.56. The van der Waals surface area contributed by atoms with Crippen molar-refractivity contribution in [2.45, 2.75) is 6.42 Å². The second-order valence-corrected chi connectivity index (χ2v) is 4.39. The number of alkyl halides is 1. The fourth-order valence-corrected chi connectivity index (χ4v) is 1.71. The average molecular weight is 325 g/mol. The topological polar surface area (TPSA) is 33.5 Å². The number of carbonyl (C=O) groups is 1. The van der Waals surface area contributed by atoms with Crippen molar-refractivity contribution in [2.24, 2.45) is 0 Å². The van der Waals surface area contributed by atoms with Crippen molar-refractivity contribution in [1.82, 2.24) is 4.90 Å². The van der Waals surface area contributed by atoms with E-state index in [2.05, 4.69) is 31.9 Å². The van der Waals surface area contributed by atoms with Crippen LogP contribution in [0.3, 0.4) is 0 Å². The highest BCUT2D eigenvalue weighted by atomic mass is 79.9. The molecule has 0 radical (unpaired) electrons. The number of nitrogens with zero attached hydrogens (tertiary/aromatic N) is 1. The number of furan rings is 1. The van der Waals surface area contributed by atoms with E-state index in [9.17, 15) is 4.79 Å². The van der Waals surface area contributed by atoms with Gasteiger partial charge in [-0.05, 0) is 28.4 Å². The van der Waals surface area contributed by atoms with Crippen LogP contribution in [0.25, 0.3) is 0 Å². The number of hydrogen-bond acceptors (Lipinski definition) is 2. The smallest absolute Gasteiger partial charge is 0.258 e. The Morgan fingerprint density at radius 3 is 2.86 bits per heavy atom. The van der Waals surface area contributed by atoms with Gasteiger partial charge < -0.3 is 9.32 Å². The number of hydrogen-bond donors (Lipinski definition) is 0. The first-order chi connectivity index (χ1) is 6.66. The summed E-state index contributed by atoms with van der Waals surface area (Å²) < 4.78 is 5.49. The molecule has 1 aromatic heterocycles. The van der Waals surface area contributed by atoms with Crippen LogP contribution < -0.4 is 0 Å². The zero-order valence-electron chi connectivity index (χ0n) is 7.80. The summed E-state index contributed by atoms with van der Waals surface area (Å²) in [5.41, 5.74) is 0.571. The molecule has 1 heterocycles. The molecule has 0 fully saturated rings. The molecule has 0 aromatic carbocycles. The molecule has 0 unspecified atom stereocenters. The first-order valence-corrected chi connectivity index (χ1v) is 6.12. The summed E-state index contributed by atoms with van der Waals surface area (Å²) in [4.78, 5) is 13.4. The minimum atomic E-state index is -0.0217. The molecule has 0 atom stereocenters. The molecule has 5 heteroatoms. The maximum atomic E-state index is 11.8. The fourth-order valence-electron chi connectivity index (χ4n) is 1.05. The molecule has 78 valence electrons. The Morgan fingerprint density at radius 2 is 2.36 bits per heavy atom. The van der Waals surface area contributed by atoms with E-state index in [1.807, 2.05) is 0 Å². The lowest BCUT2D eigenvalue weighted by Crippen LogP contribution is -2.27.